The fraction of sp³-hybridized carbons (Fsp3) is 0.333. The minimum absolute atomic E-state index is 0.584. The number of rotatable bonds is 4. The van der Waals surface area contributed by atoms with Crippen molar-refractivity contribution in [3.63, 3.8) is 0 Å². The molecule has 1 heterocycles. The van der Waals surface area contributed by atoms with Crippen LogP contribution in [-0.2, 0) is 6.42 Å². The van der Waals surface area contributed by atoms with E-state index < -0.39 is 0 Å². The summed E-state index contributed by atoms with van der Waals surface area (Å²) in [6.07, 6.45) is 0.736. The normalized spacial score (nSPS) is 10.2. The molecule has 0 aliphatic heterocycles. The van der Waals surface area contributed by atoms with Crippen molar-refractivity contribution in [3.05, 3.63) is 44.9 Å². The lowest BCUT2D eigenvalue weighted by atomic mass is 10.1. The van der Waals surface area contributed by atoms with Crippen molar-refractivity contribution in [2.45, 2.75) is 27.2 Å². The van der Waals surface area contributed by atoms with Crippen LogP contribution in [0, 0.1) is 32.1 Å². The maximum absolute atomic E-state index is 8.88. The van der Waals surface area contributed by atoms with Crippen LogP contribution < -0.4 is 4.74 Å². The number of benzene rings is 1. The summed E-state index contributed by atoms with van der Waals surface area (Å²) in [6.45, 7) is 6.61. The Morgan fingerprint density at radius 2 is 2.05 bits per heavy atom. The zero-order valence-corrected chi connectivity index (χ0v) is 12.2. The van der Waals surface area contributed by atoms with E-state index in [2.05, 4.69) is 31.0 Å². The first kappa shape index (κ1) is 13.6. The van der Waals surface area contributed by atoms with Crippen molar-refractivity contribution in [1.29, 1.82) is 5.26 Å². The van der Waals surface area contributed by atoms with Crippen LogP contribution in [0.25, 0.3) is 0 Å². The van der Waals surface area contributed by atoms with E-state index in [9.17, 15) is 0 Å². The second-order valence-electron chi connectivity index (χ2n) is 4.48. The second-order valence-corrected chi connectivity index (χ2v) is 5.56. The Morgan fingerprint density at radius 1 is 1.26 bits per heavy atom. The van der Waals surface area contributed by atoms with E-state index in [0.29, 0.717) is 11.5 Å². The summed E-state index contributed by atoms with van der Waals surface area (Å²) in [5.74, 6) is 0.886. The van der Waals surface area contributed by atoms with E-state index in [0.717, 1.165) is 22.9 Å². The van der Waals surface area contributed by atoms with Gasteiger partial charge in [0.2, 0.25) is 0 Å². The average molecular weight is 272 g/mol. The fourth-order valence-electron chi connectivity index (χ4n) is 1.72. The van der Waals surface area contributed by atoms with Gasteiger partial charge in [0.15, 0.2) is 0 Å². The van der Waals surface area contributed by atoms with Gasteiger partial charge >= 0.3 is 0 Å². The second kappa shape index (κ2) is 5.85. The lowest BCUT2D eigenvalue weighted by Crippen LogP contribution is -2.01. The van der Waals surface area contributed by atoms with Crippen LogP contribution >= 0.6 is 11.3 Å². The Kier molecular flexibility index (Phi) is 4.18. The molecule has 2 rings (SSSR count). The van der Waals surface area contributed by atoms with E-state index in [1.54, 1.807) is 0 Å². The highest BCUT2D eigenvalue weighted by Gasteiger charge is 2.06. The van der Waals surface area contributed by atoms with Crippen LogP contribution in [0.15, 0.2) is 18.2 Å². The lowest BCUT2D eigenvalue weighted by molar-refractivity contribution is 0.321. The first-order valence-electron chi connectivity index (χ1n) is 6.16. The van der Waals surface area contributed by atoms with Gasteiger partial charge < -0.3 is 4.74 Å². The fourth-order valence-corrected chi connectivity index (χ4v) is 2.57. The molecular weight excluding hydrogens is 256 g/mol. The molecule has 0 bridgehead atoms. The Balaban J connectivity index is 1.92. The summed E-state index contributed by atoms with van der Waals surface area (Å²) >= 11 is 1.45. The molecule has 19 heavy (non-hydrogen) atoms. The number of thiazole rings is 1. The van der Waals surface area contributed by atoms with Crippen molar-refractivity contribution >= 4 is 11.3 Å². The van der Waals surface area contributed by atoms with Gasteiger partial charge in [0.1, 0.15) is 16.7 Å². The highest BCUT2D eigenvalue weighted by atomic mass is 32.1. The smallest absolute Gasteiger partial charge is 0.127 e. The standard InChI is InChI=1S/C15H16N2OS/c1-10-4-5-13(8-11(10)2)18-7-6-15-17-12(3)14(9-16)19-15/h4-5,8H,6-7H2,1-3H3. The topological polar surface area (TPSA) is 45.9 Å². The number of aromatic nitrogens is 1. The van der Waals surface area contributed by atoms with Gasteiger partial charge in [-0.2, -0.15) is 5.26 Å². The van der Waals surface area contributed by atoms with Crippen molar-refractivity contribution < 1.29 is 4.74 Å². The van der Waals surface area contributed by atoms with Gasteiger partial charge in [-0.3, -0.25) is 0 Å². The molecule has 1 aromatic heterocycles. The van der Waals surface area contributed by atoms with Gasteiger partial charge in [-0.25, -0.2) is 4.98 Å². The Labute approximate surface area is 117 Å². The van der Waals surface area contributed by atoms with Crippen molar-refractivity contribution in [2.24, 2.45) is 0 Å². The lowest BCUT2D eigenvalue weighted by Gasteiger charge is -2.07. The Morgan fingerprint density at radius 3 is 2.68 bits per heavy atom. The number of nitriles is 1. The maximum atomic E-state index is 8.88. The molecule has 0 aliphatic rings. The highest BCUT2D eigenvalue weighted by molar-refractivity contribution is 7.12. The van der Waals surface area contributed by atoms with Gasteiger partial charge in [-0.05, 0) is 44.0 Å². The molecule has 0 aliphatic carbocycles. The minimum Gasteiger partial charge on any atom is -0.493 e. The van der Waals surface area contributed by atoms with Gasteiger partial charge in [-0.15, -0.1) is 11.3 Å². The molecule has 0 amide bonds. The van der Waals surface area contributed by atoms with Crippen LogP contribution in [0.3, 0.4) is 0 Å². The molecule has 0 saturated heterocycles. The molecule has 0 spiro atoms. The minimum atomic E-state index is 0.584. The summed E-state index contributed by atoms with van der Waals surface area (Å²) in [6, 6.07) is 8.24. The highest BCUT2D eigenvalue weighted by Crippen LogP contribution is 2.19. The van der Waals surface area contributed by atoms with Gasteiger partial charge in [0.25, 0.3) is 0 Å². The molecule has 4 heteroatoms. The maximum Gasteiger partial charge on any atom is 0.127 e. The van der Waals surface area contributed by atoms with E-state index in [4.69, 9.17) is 10.00 Å². The van der Waals surface area contributed by atoms with Crippen LogP contribution in [0.2, 0.25) is 0 Å². The summed E-state index contributed by atoms with van der Waals surface area (Å²) in [5, 5.41) is 9.84. The molecule has 0 fully saturated rings. The van der Waals surface area contributed by atoms with Crippen molar-refractivity contribution in [3.8, 4) is 11.8 Å². The van der Waals surface area contributed by atoms with E-state index in [-0.39, 0.29) is 0 Å². The number of hydrogen-bond acceptors (Lipinski definition) is 4. The quantitative estimate of drug-likeness (QED) is 0.855. The van der Waals surface area contributed by atoms with E-state index >= 15 is 0 Å². The number of ether oxygens (including phenoxy) is 1. The molecule has 0 radical (unpaired) electrons. The third-order valence-electron chi connectivity index (χ3n) is 3.01. The zero-order chi connectivity index (χ0) is 13.8. The third-order valence-corrected chi connectivity index (χ3v) is 4.13. The molecular formula is C15H16N2OS. The summed E-state index contributed by atoms with van der Waals surface area (Å²) in [5.41, 5.74) is 3.31. The molecule has 0 saturated carbocycles. The van der Waals surface area contributed by atoms with Crippen LogP contribution in [-0.4, -0.2) is 11.6 Å². The molecule has 3 nitrogen and oxygen atoms in total. The van der Waals surface area contributed by atoms with Crippen molar-refractivity contribution in [1.82, 2.24) is 4.98 Å². The molecule has 0 N–H and O–H groups in total. The Bertz CT molecular complexity index is 626. The van der Waals surface area contributed by atoms with Crippen LogP contribution in [0.1, 0.15) is 26.7 Å². The van der Waals surface area contributed by atoms with Crippen LogP contribution in [0.4, 0.5) is 0 Å². The first-order chi connectivity index (χ1) is 9.10. The summed E-state index contributed by atoms with van der Waals surface area (Å²) in [4.78, 5) is 5.06. The van der Waals surface area contributed by atoms with Crippen molar-refractivity contribution in [2.75, 3.05) is 6.61 Å². The predicted molar refractivity (Wildman–Crippen MR) is 76.7 cm³/mol. The monoisotopic (exact) mass is 272 g/mol. The van der Waals surface area contributed by atoms with Gasteiger partial charge in [0.05, 0.1) is 17.3 Å². The summed E-state index contributed by atoms with van der Waals surface area (Å²) in [7, 11) is 0. The van der Waals surface area contributed by atoms with E-state index in [1.807, 2.05) is 19.1 Å². The molecule has 2 aromatic rings. The largest absolute Gasteiger partial charge is 0.493 e. The number of hydrogen-bond donors (Lipinski definition) is 0. The predicted octanol–water partition coefficient (Wildman–Crippen LogP) is 3.56. The zero-order valence-electron chi connectivity index (χ0n) is 11.4. The summed E-state index contributed by atoms with van der Waals surface area (Å²) < 4.78 is 5.71. The van der Waals surface area contributed by atoms with Crippen LogP contribution in [0.5, 0.6) is 5.75 Å². The van der Waals surface area contributed by atoms with E-state index in [1.165, 1.54) is 22.5 Å². The number of aryl methyl sites for hydroxylation is 3. The molecule has 0 atom stereocenters. The molecule has 98 valence electrons. The molecule has 1 aromatic carbocycles. The number of nitrogens with zero attached hydrogens (tertiary/aromatic N) is 2. The Hall–Kier alpha value is -1.86. The first-order valence-corrected chi connectivity index (χ1v) is 6.98. The third kappa shape index (κ3) is 3.33. The average Bonchev–Trinajstić information content (AvgIpc) is 2.74. The van der Waals surface area contributed by atoms with Gasteiger partial charge in [0, 0.05) is 6.42 Å². The SMILES string of the molecule is Cc1ccc(OCCc2nc(C)c(C#N)s2)cc1C. The van der Waals surface area contributed by atoms with Gasteiger partial charge in [-0.1, -0.05) is 6.07 Å². The molecule has 0 unspecified atom stereocenters.